The first-order chi connectivity index (χ1) is 11.1. The fourth-order valence-electron chi connectivity index (χ4n) is 1.86. The molecular formula is C17H18N2O4. The molecule has 0 spiro atoms. The lowest BCUT2D eigenvalue weighted by molar-refractivity contribution is 0.449. The molecule has 0 radical (unpaired) electrons. The zero-order valence-corrected chi connectivity index (χ0v) is 12.4. The zero-order chi connectivity index (χ0) is 16.7. The third-order valence-corrected chi connectivity index (χ3v) is 3.06. The second-order valence-electron chi connectivity index (χ2n) is 4.91. The summed E-state index contributed by atoms with van der Waals surface area (Å²) in [5.74, 6) is -0.0258. The Morgan fingerprint density at radius 2 is 1.13 bits per heavy atom. The molecule has 6 heteroatoms. The van der Waals surface area contributed by atoms with E-state index in [0.29, 0.717) is 30.6 Å². The first-order valence-electron chi connectivity index (χ1n) is 7.10. The molecule has 120 valence electrons. The van der Waals surface area contributed by atoms with Gasteiger partial charge in [0.2, 0.25) is 0 Å². The summed E-state index contributed by atoms with van der Waals surface area (Å²) in [5, 5.41) is 37.5. The van der Waals surface area contributed by atoms with Crippen LogP contribution < -0.4 is 0 Å². The molecule has 0 bridgehead atoms. The van der Waals surface area contributed by atoms with Gasteiger partial charge in [-0.2, -0.15) is 0 Å². The van der Waals surface area contributed by atoms with Crippen LogP contribution in [0.3, 0.4) is 0 Å². The predicted octanol–water partition coefficient (Wildman–Crippen LogP) is 2.44. The Morgan fingerprint density at radius 3 is 1.52 bits per heavy atom. The average Bonchev–Trinajstić information content (AvgIpc) is 2.50. The van der Waals surface area contributed by atoms with Gasteiger partial charge in [-0.3, -0.25) is 9.98 Å². The largest absolute Gasteiger partial charge is 0.508 e. The van der Waals surface area contributed by atoms with Crippen LogP contribution >= 0.6 is 0 Å². The van der Waals surface area contributed by atoms with Gasteiger partial charge in [-0.05, 0) is 30.7 Å². The molecule has 0 aromatic heterocycles. The van der Waals surface area contributed by atoms with Crippen LogP contribution in [-0.4, -0.2) is 45.9 Å². The van der Waals surface area contributed by atoms with Gasteiger partial charge in [-0.25, -0.2) is 0 Å². The van der Waals surface area contributed by atoms with Crippen LogP contribution in [-0.2, 0) is 0 Å². The molecule has 0 fully saturated rings. The molecular weight excluding hydrogens is 296 g/mol. The number of benzene rings is 2. The molecule has 2 aromatic rings. The van der Waals surface area contributed by atoms with E-state index >= 15 is 0 Å². The van der Waals surface area contributed by atoms with Gasteiger partial charge in [0, 0.05) is 48.8 Å². The first kappa shape index (κ1) is 16.4. The standard InChI is InChI=1S/C17H18N2O4/c20-14-4-2-12(16(22)8-14)10-18-6-1-7-19-11-13-3-5-15(21)9-17(13)23/h2-5,8-11,20-23H,1,6-7H2. The van der Waals surface area contributed by atoms with Crippen molar-refractivity contribution in [3.05, 3.63) is 47.5 Å². The van der Waals surface area contributed by atoms with E-state index in [1.54, 1.807) is 24.6 Å². The van der Waals surface area contributed by atoms with Crippen molar-refractivity contribution in [2.75, 3.05) is 13.1 Å². The van der Waals surface area contributed by atoms with Crippen LogP contribution in [0.15, 0.2) is 46.4 Å². The molecule has 2 rings (SSSR count). The molecule has 6 nitrogen and oxygen atoms in total. The van der Waals surface area contributed by atoms with E-state index in [2.05, 4.69) is 9.98 Å². The number of nitrogens with zero attached hydrogens (tertiary/aromatic N) is 2. The minimum absolute atomic E-state index is 0.00599. The molecule has 2 aromatic carbocycles. The van der Waals surface area contributed by atoms with Crippen LogP contribution in [0.4, 0.5) is 0 Å². The van der Waals surface area contributed by atoms with Crippen molar-refractivity contribution < 1.29 is 20.4 Å². The summed E-state index contributed by atoms with van der Waals surface area (Å²) in [6.07, 6.45) is 3.80. The van der Waals surface area contributed by atoms with Crippen LogP contribution in [0.1, 0.15) is 17.5 Å². The van der Waals surface area contributed by atoms with E-state index in [0.717, 1.165) is 0 Å². The second kappa shape index (κ2) is 7.84. The van der Waals surface area contributed by atoms with E-state index in [1.807, 2.05) is 0 Å². The number of rotatable bonds is 6. The van der Waals surface area contributed by atoms with Gasteiger partial charge >= 0.3 is 0 Å². The Bertz CT molecular complexity index is 665. The van der Waals surface area contributed by atoms with Crippen molar-refractivity contribution in [1.82, 2.24) is 0 Å². The third-order valence-electron chi connectivity index (χ3n) is 3.06. The quantitative estimate of drug-likeness (QED) is 0.485. The third kappa shape index (κ3) is 5.03. The predicted molar refractivity (Wildman–Crippen MR) is 89.1 cm³/mol. The van der Waals surface area contributed by atoms with Crippen LogP contribution in [0.2, 0.25) is 0 Å². The summed E-state index contributed by atoms with van der Waals surface area (Å²) >= 11 is 0. The smallest absolute Gasteiger partial charge is 0.128 e. The van der Waals surface area contributed by atoms with E-state index in [1.165, 1.54) is 24.3 Å². The second-order valence-corrected chi connectivity index (χ2v) is 4.91. The maximum absolute atomic E-state index is 9.59. The van der Waals surface area contributed by atoms with Gasteiger partial charge in [-0.15, -0.1) is 0 Å². The minimum Gasteiger partial charge on any atom is -0.508 e. The topological polar surface area (TPSA) is 106 Å². The Kier molecular flexibility index (Phi) is 5.57. The van der Waals surface area contributed by atoms with Crippen LogP contribution in [0.5, 0.6) is 23.0 Å². The van der Waals surface area contributed by atoms with Crippen molar-refractivity contribution in [2.45, 2.75) is 6.42 Å². The summed E-state index contributed by atoms with van der Waals surface area (Å²) in [6, 6.07) is 8.65. The van der Waals surface area contributed by atoms with E-state index < -0.39 is 0 Å². The Balaban J connectivity index is 1.77. The summed E-state index contributed by atoms with van der Waals surface area (Å²) in [7, 11) is 0. The monoisotopic (exact) mass is 314 g/mol. The minimum atomic E-state index is -0.0189. The highest BCUT2D eigenvalue weighted by Crippen LogP contribution is 2.21. The number of phenolic OH excluding ortho intramolecular Hbond substituents is 4. The van der Waals surface area contributed by atoms with Gasteiger partial charge < -0.3 is 20.4 Å². The lowest BCUT2D eigenvalue weighted by atomic mass is 10.2. The SMILES string of the molecule is Oc1ccc(C=NCCCN=Cc2ccc(O)cc2O)c(O)c1. The fraction of sp³-hybridized carbons (Fsp3) is 0.176. The van der Waals surface area contributed by atoms with Crippen LogP contribution in [0, 0.1) is 0 Å². The number of phenols is 4. The highest BCUT2D eigenvalue weighted by molar-refractivity contribution is 5.84. The van der Waals surface area contributed by atoms with Crippen LogP contribution in [0.25, 0.3) is 0 Å². The van der Waals surface area contributed by atoms with Gasteiger partial charge in [0.15, 0.2) is 0 Å². The number of aromatic hydroxyl groups is 4. The fourth-order valence-corrected chi connectivity index (χ4v) is 1.86. The molecule has 0 aliphatic rings. The van der Waals surface area contributed by atoms with E-state index in [9.17, 15) is 20.4 Å². The van der Waals surface area contributed by atoms with Gasteiger partial charge in [-0.1, -0.05) is 0 Å². The van der Waals surface area contributed by atoms with Crippen molar-refractivity contribution in [2.24, 2.45) is 9.98 Å². The number of aliphatic imine (C=N–C) groups is 2. The van der Waals surface area contributed by atoms with Gasteiger partial charge in [0.05, 0.1) is 0 Å². The molecule has 0 aliphatic carbocycles. The molecule has 0 unspecified atom stereocenters. The Morgan fingerprint density at radius 1 is 0.696 bits per heavy atom. The molecule has 0 aliphatic heterocycles. The lowest BCUT2D eigenvalue weighted by Gasteiger charge is -1.99. The van der Waals surface area contributed by atoms with Crippen molar-refractivity contribution >= 4 is 12.4 Å². The zero-order valence-electron chi connectivity index (χ0n) is 12.4. The maximum Gasteiger partial charge on any atom is 0.128 e. The summed E-state index contributed by atoms with van der Waals surface area (Å²) in [5.41, 5.74) is 1.08. The Labute approximate surface area is 133 Å². The van der Waals surface area contributed by atoms with Crippen molar-refractivity contribution in [3.63, 3.8) is 0 Å². The van der Waals surface area contributed by atoms with E-state index in [4.69, 9.17) is 0 Å². The van der Waals surface area contributed by atoms with Gasteiger partial charge in [0.25, 0.3) is 0 Å². The maximum atomic E-state index is 9.59. The molecule has 0 atom stereocenters. The number of hydrogen-bond donors (Lipinski definition) is 4. The van der Waals surface area contributed by atoms with Crippen molar-refractivity contribution in [3.8, 4) is 23.0 Å². The molecule has 23 heavy (non-hydrogen) atoms. The number of hydrogen-bond acceptors (Lipinski definition) is 6. The summed E-state index contributed by atoms with van der Waals surface area (Å²) in [6.45, 7) is 1.08. The molecule has 0 saturated carbocycles. The normalized spacial score (nSPS) is 11.5. The molecule has 0 saturated heterocycles. The molecule has 0 heterocycles. The Hall–Kier alpha value is -3.02. The summed E-state index contributed by atoms with van der Waals surface area (Å²) in [4.78, 5) is 8.37. The first-order valence-corrected chi connectivity index (χ1v) is 7.10. The lowest BCUT2D eigenvalue weighted by Crippen LogP contribution is -1.90. The molecule has 4 N–H and O–H groups in total. The highest BCUT2D eigenvalue weighted by atomic mass is 16.3. The van der Waals surface area contributed by atoms with Crippen molar-refractivity contribution in [1.29, 1.82) is 0 Å². The van der Waals surface area contributed by atoms with E-state index in [-0.39, 0.29) is 23.0 Å². The average molecular weight is 314 g/mol. The molecule has 0 amide bonds. The highest BCUT2D eigenvalue weighted by Gasteiger charge is 1.99. The summed E-state index contributed by atoms with van der Waals surface area (Å²) < 4.78 is 0. The van der Waals surface area contributed by atoms with Gasteiger partial charge in [0.1, 0.15) is 23.0 Å².